The lowest BCUT2D eigenvalue weighted by Crippen LogP contribution is -2.32. The van der Waals surface area contributed by atoms with Crippen LogP contribution in [0.2, 0.25) is 0 Å². The average Bonchev–Trinajstić information content (AvgIpc) is 2.65. The second kappa shape index (κ2) is 7.98. The number of thioether (sulfide) groups is 1. The van der Waals surface area contributed by atoms with Gasteiger partial charge in [0.25, 0.3) is 5.91 Å². The Kier molecular flexibility index (Phi) is 5.67. The molecule has 2 aromatic carbocycles. The maximum absolute atomic E-state index is 12.7. The Morgan fingerprint density at radius 3 is 2.41 bits per heavy atom. The number of carbonyl (C=O) groups excluding carboxylic acids is 1. The highest BCUT2D eigenvalue weighted by molar-refractivity contribution is 7.98. The standard InChI is InChI=1S/C19H19N3O3S2/c1-14-18(19(23)20-16-8-10-17(26-2)11-9-16)13-22(27(24,25)21-14)12-15-6-4-3-5-7-15/h3-11,13H,12H2,1-2H3,(H,20,23). The molecule has 0 aromatic heterocycles. The molecule has 1 heterocycles. The predicted molar refractivity (Wildman–Crippen MR) is 109 cm³/mol. The van der Waals surface area contributed by atoms with Crippen molar-refractivity contribution in [3.63, 3.8) is 0 Å². The van der Waals surface area contributed by atoms with E-state index in [0.29, 0.717) is 5.69 Å². The number of carbonyl (C=O) groups is 1. The van der Waals surface area contributed by atoms with E-state index in [2.05, 4.69) is 9.71 Å². The number of benzene rings is 2. The van der Waals surface area contributed by atoms with Crippen LogP contribution in [-0.2, 0) is 21.5 Å². The minimum Gasteiger partial charge on any atom is -0.322 e. The van der Waals surface area contributed by atoms with Crippen molar-refractivity contribution >= 4 is 39.3 Å². The Hall–Kier alpha value is -2.58. The molecule has 0 aliphatic carbocycles. The molecule has 0 radical (unpaired) electrons. The van der Waals surface area contributed by atoms with Gasteiger partial charge in [0.05, 0.1) is 17.8 Å². The molecule has 0 bridgehead atoms. The van der Waals surface area contributed by atoms with Crippen LogP contribution in [0.15, 0.2) is 75.7 Å². The molecule has 140 valence electrons. The zero-order chi connectivity index (χ0) is 19.4. The summed E-state index contributed by atoms with van der Waals surface area (Å²) in [6.07, 6.45) is 3.32. The van der Waals surface area contributed by atoms with Crippen molar-refractivity contribution in [2.75, 3.05) is 11.6 Å². The summed E-state index contributed by atoms with van der Waals surface area (Å²) in [5.74, 6) is -0.402. The second-order valence-corrected chi connectivity index (χ2v) is 8.34. The molecule has 1 aliphatic rings. The van der Waals surface area contributed by atoms with Gasteiger partial charge in [-0.15, -0.1) is 16.2 Å². The van der Waals surface area contributed by atoms with Gasteiger partial charge in [-0.1, -0.05) is 30.3 Å². The summed E-state index contributed by atoms with van der Waals surface area (Å²) in [7, 11) is -3.86. The van der Waals surface area contributed by atoms with Crippen LogP contribution in [0.25, 0.3) is 0 Å². The van der Waals surface area contributed by atoms with Gasteiger partial charge >= 0.3 is 10.2 Å². The lowest BCUT2D eigenvalue weighted by molar-refractivity contribution is -0.112. The molecule has 0 saturated carbocycles. The molecule has 0 saturated heterocycles. The van der Waals surface area contributed by atoms with Crippen LogP contribution in [0.4, 0.5) is 5.69 Å². The molecule has 0 unspecified atom stereocenters. The molecular formula is C19H19N3O3S2. The minimum atomic E-state index is -3.86. The van der Waals surface area contributed by atoms with E-state index in [0.717, 1.165) is 14.8 Å². The van der Waals surface area contributed by atoms with Gasteiger partial charge in [0.2, 0.25) is 0 Å². The first-order chi connectivity index (χ1) is 12.9. The van der Waals surface area contributed by atoms with E-state index in [1.54, 1.807) is 23.9 Å². The van der Waals surface area contributed by atoms with Gasteiger partial charge in [-0.2, -0.15) is 8.42 Å². The van der Waals surface area contributed by atoms with E-state index >= 15 is 0 Å². The number of rotatable bonds is 5. The van der Waals surface area contributed by atoms with Crippen molar-refractivity contribution in [1.82, 2.24) is 4.31 Å². The van der Waals surface area contributed by atoms with Crippen LogP contribution in [0.1, 0.15) is 12.5 Å². The fraction of sp³-hybridized carbons (Fsp3) is 0.158. The number of nitrogens with zero attached hydrogens (tertiary/aromatic N) is 2. The van der Waals surface area contributed by atoms with Crippen LogP contribution >= 0.6 is 11.8 Å². The van der Waals surface area contributed by atoms with Crippen LogP contribution < -0.4 is 5.32 Å². The van der Waals surface area contributed by atoms with E-state index in [4.69, 9.17) is 0 Å². The van der Waals surface area contributed by atoms with E-state index < -0.39 is 16.1 Å². The Balaban J connectivity index is 1.83. The summed E-state index contributed by atoms with van der Waals surface area (Å²) in [5.41, 5.74) is 1.82. The first-order valence-electron chi connectivity index (χ1n) is 8.19. The van der Waals surface area contributed by atoms with Crippen molar-refractivity contribution in [2.45, 2.75) is 18.4 Å². The number of anilines is 1. The van der Waals surface area contributed by atoms with Gasteiger partial charge in [-0.05, 0) is 43.0 Å². The lowest BCUT2D eigenvalue weighted by Gasteiger charge is -2.23. The van der Waals surface area contributed by atoms with Gasteiger partial charge in [0.15, 0.2) is 0 Å². The van der Waals surface area contributed by atoms with Crippen LogP contribution in [-0.4, -0.2) is 30.6 Å². The monoisotopic (exact) mass is 401 g/mol. The molecular weight excluding hydrogens is 382 g/mol. The third-order valence-electron chi connectivity index (χ3n) is 3.99. The van der Waals surface area contributed by atoms with Gasteiger partial charge in [-0.3, -0.25) is 9.10 Å². The fourth-order valence-electron chi connectivity index (χ4n) is 2.56. The Morgan fingerprint density at radius 2 is 1.78 bits per heavy atom. The summed E-state index contributed by atoms with van der Waals surface area (Å²) < 4.78 is 29.5. The maximum Gasteiger partial charge on any atom is 0.344 e. The Bertz CT molecular complexity index is 998. The van der Waals surface area contributed by atoms with Crippen molar-refractivity contribution in [3.05, 3.63) is 71.9 Å². The summed E-state index contributed by atoms with van der Waals surface area (Å²) in [5, 5.41) is 2.79. The smallest absolute Gasteiger partial charge is 0.322 e. The molecule has 8 heteroatoms. The van der Waals surface area contributed by atoms with Crippen LogP contribution in [0.5, 0.6) is 0 Å². The average molecular weight is 402 g/mol. The molecule has 6 nitrogen and oxygen atoms in total. The topological polar surface area (TPSA) is 78.8 Å². The maximum atomic E-state index is 12.7. The minimum absolute atomic E-state index is 0.110. The van der Waals surface area contributed by atoms with Crippen LogP contribution in [0, 0.1) is 0 Å². The molecule has 1 amide bonds. The first-order valence-corrected chi connectivity index (χ1v) is 10.8. The molecule has 0 atom stereocenters. The molecule has 3 rings (SSSR count). The number of hydrogen-bond acceptors (Lipinski definition) is 4. The second-order valence-electron chi connectivity index (χ2n) is 5.91. The van der Waals surface area contributed by atoms with E-state index in [1.165, 1.54) is 13.1 Å². The lowest BCUT2D eigenvalue weighted by atomic mass is 10.1. The number of amides is 1. The number of nitrogens with one attached hydrogen (secondary N) is 1. The quantitative estimate of drug-likeness (QED) is 0.779. The summed E-state index contributed by atoms with van der Waals surface area (Å²) in [4.78, 5) is 13.7. The molecule has 0 spiro atoms. The summed E-state index contributed by atoms with van der Waals surface area (Å²) in [6.45, 7) is 1.62. The molecule has 0 fully saturated rings. The Labute approximate surface area is 163 Å². The van der Waals surface area contributed by atoms with Crippen LogP contribution in [0.3, 0.4) is 0 Å². The SMILES string of the molecule is CSc1ccc(NC(=O)C2=CN(Cc3ccccc3)S(=O)(=O)N=C2C)cc1. The fourth-order valence-corrected chi connectivity index (χ4v) is 4.07. The highest BCUT2D eigenvalue weighted by atomic mass is 32.2. The van der Waals surface area contributed by atoms with E-state index in [1.807, 2.05) is 48.7 Å². The highest BCUT2D eigenvalue weighted by Gasteiger charge is 2.28. The zero-order valence-corrected chi connectivity index (χ0v) is 16.5. The molecule has 27 heavy (non-hydrogen) atoms. The summed E-state index contributed by atoms with van der Waals surface area (Å²) >= 11 is 1.61. The van der Waals surface area contributed by atoms with Crippen molar-refractivity contribution in [3.8, 4) is 0 Å². The van der Waals surface area contributed by atoms with Crippen molar-refractivity contribution < 1.29 is 13.2 Å². The normalized spacial score (nSPS) is 15.7. The van der Waals surface area contributed by atoms with Crippen molar-refractivity contribution in [1.29, 1.82) is 0 Å². The Morgan fingerprint density at radius 1 is 1.11 bits per heavy atom. The van der Waals surface area contributed by atoms with Crippen molar-refractivity contribution in [2.24, 2.45) is 4.40 Å². The largest absolute Gasteiger partial charge is 0.344 e. The predicted octanol–water partition coefficient (Wildman–Crippen LogP) is 3.45. The third kappa shape index (κ3) is 4.58. The highest BCUT2D eigenvalue weighted by Crippen LogP contribution is 2.22. The van der Waals surface area contributed by atoms with E-state index in [9.17, 15) is 13.2 Å². The van der Waals surface area contributed by atoms with Gasteiger partial charge < -0.3 is 5.32 Å². The first kappa shape index (κ1) is 19.2. The summed E-state index contributed by atoms with van der Waals surface area (Å²) in [6, 6.07) is 16.6. The van der Waals surface area contributed by atoms with Gasteiger partial charge in [-0.25, -0.2) is 0 Å². The molecule has 2 aromatic rings. The zero-order valence-electron chi connectivity index (χ0n) is 14.9. The van der Waals surface area contributed by atoms with Gasteiger partial charge in [0, 0.05) is 16.8 Å². The third-order valence-corrected chi connectivity index (χ3v) is 6.06. The molecule has 1 aliphatic heterocycles. The van der Waals surface area contributed by atoms with E-state index in [-0.39, 0.29) is 17.8 Å². The van der Waals surface area contributed by atoms with Gasteiger partial charge in [0.1, 0.15) is 0 Å². The number of hydrogen-bond donors (Lipinski definition) is 1. The molecule has 1 N–H and O–H groups in total.